The van der Waals surface area contributed by atoms with Gasteiger partial charge in [0, 0.05) is 31.0 Å². The van der Waals surface area contributed by atoms with E-state index in [0.29, 0.717) is 13.2 Å². The van der Waals surface area contributed by atoms with Gasteiger partial charge in [-0.05, 0) is 38.3 Å². The first-order valence-electron chi connectivity index (χ1n) is 9.73. The second-order valence-corrected chi connectivity index (χ2v) is 7.73. The van der Waals surface area contributed by atoms with Gasteiger partial charge in [0.1, 0.15) is 0 Å². The normalized spacial score (nSPS) is 11.6. The average Bonchev–Trinajstić information content (AvgIpc) is 2.98. The predicted molar refractivity (Wildman–Crippen MR) is 114 cm³/mol. The summed E-state index contributed by atoms with van der Waals surface area (Å²) in [7, 11) is 0. The van der Waals surface area contributed by atoms with Crippen molar-refractivity contribution in [3.63, 3.8) is 0 Å². The second-order valence-electron chi connectivity index (χ2n) is 6.44. The zero-order valence-electron chi connectivity index (χ0n) is 17.0. The standard InChI is InChI=1S/C21H32N4OS/c1-5-13-26-15-19-10-8-7-9-18(19)14-24-21(22-6-2)23-12-11-20-25-16(3)17(4)27-20/h7-10H,5-6,11-15H2,1-4H3,(H2,22,23,24). The Bertz CT molecular complexity index is 707. The summed E-state index contributed by atoms with van der Waals surface area (Å²) in [5.74, 6) is 0.840. The quantitative estimate of drug-likeness (QED) is 0.367. The monoisotopic (exact) mass is 388 g/mol. The maximum absolute atomic E-state index is 5.70. The molecule has 1 aromatic carbocycles. The molecular weight excluding hydrogens is 356 g/mol. The molecule has 0 amide bonds. The van der Waals surface area contributed by atoms with E-state index in [1.54, 1.807) is 11.3 Å². The summed E-state index contributed by atoms with van der Waals surface area (Å²) >= 11 is 1.78. The van der Waals surface area contributed by atoms with Gasteiger partial charge >= 0.3 is 0 Å². The molecule has 6 heteroatoms. The minimum absolute atomic E-state index is 0.635. The van der Waals surface area contributed by atoms with Crippen LogP contribution < -0.4 is 10.6 Å². The molecule has 0 spiro atoms. The Labute approximate surface area is 167 Å². The Morgan fingerprint density at radius 1 is 1.15 bits per heavy atom. The lowest BCUT2D eigenvalue weighted by molar-refractivity contribution is 0.121. The number of hydrogen-bond donors (Lipinski definition) is 2. The van der Waals surface area contributed by atoms with Crippen LogP contribution in [0.5, 0.6) is 0 Å². The minimum Gasteiger partial charge on any atom is -0.377 e. The summed E-state index contributed by atoms with van der Waals surface area (Å²) in [4.78, 5) is 10.6. The molecule has 0 aliphatic carbocycles. The Hall–Kier alpha value is -1.92. The summed E-state index contributed by atoms with van der Waals surface area (Å²) in [6.45, 7) is 12.1. The van der Waals surface area contributed by atoms with Gasteiger partial charge in [-0.2, -0.15) is 0 Å². The lowest BCUT2D eigenvalue weighted by atomic mass is 10.1. The number of guanidine groups is 1. The number of rotatable bonds is 10. The molecule has 2 rings (SSSR count). The van der Waals surface area contributed by atoms with Gasteiger partial charge in [0.15, 0.2) is 5.96 Å². The predicted octanol–water partition coefficient (Wildman–Crippen LogP) is 3.98. The molecule has 1 aromatic heterocycles. The fourth-order valence-corrected chi connectivity index (χ4v) is 3.55. The molecule has 27 heavy (non-hydrogen) atoms. The summed E-state index contributed by atoms with van der Waals surface area (Å²) < 4.78 is 5.70. The number of nitrogens with zero attached hydrogens (tertiary/aromatic N) is 2. The van der Waals surface area contributed by atoms with Crippen LogP contribution in [-0.4, -0.2) is 30.6 Å². The molecule has 0 saturated heterocycles. The summed E-state index contributed by atoms with van der Waals surface area (Å²) in [6, 6.07) is 8.35. The Balaban J connectivity index is 1.92. The van der Waals surface area contributed by atoms with Crippen molar-refractivity contribution < 1.29 is 4.74 Å². The largest absolute Gasteiger partial charge is 0.377 e. The molecule has 0 fully saturated rings. The van der Waals surface area contributed by atoms with Gasteiger partial charge in [-0.15, -0.1) is 11.3 Å². The van der Waals surface area contributed by atoms with Crippen LogP contribution in [0.3, 0.4) is 0 Å². The van der Waals surface area contributed by atoms with Crippen molar-refractivity contribution in [2.24, 2.45) is 4.99 Å². The van der Waals surface area contributed by atoms with E-state index in [9.17, 15) is 0 Å². The van der Waals surface area contributed by atoms with Crippen molar-refractivity contribution >= 4 is 17.3 Å². The highest BCUT2D eigenvalue weighted by Gasteiger charge is 2.05. The number of aromatic nitrogens is 1. The van der Waals surface area contributed by atoms with E-state index in [0.717, 1.165) is 44.2 Å². The molecule has 0 unspecified atom stereocenters. The second kappa shape index (κ2) is 11.7. The van der Waals surface area contributed by atoms with Crippen LogP contribution in [0.4, 0.5) is 0 Å². The van der Waals surface area contributed by atoms with Gasteiger partial charge < -0.3 is 15.4 Å². The molecule has 0 radical (unpaired) electrons. The number of benzene rings is 1. The minimum atomic E-state index is 0.635. The Morgan fingerprint density at radius 2 is 1.93 bits per heavy atom. The van der Waals surface area contributed by atoms with Gasteiger partial charge in [-0.1, -0.05) is 31.2 Å². The molecule has 5 nitrogen and oxygen atoms in total. The van der Waals surface area contributed by atoms with Crippen molar-refractivity contribution in [1.29, 1.82) is 0 Å². The topological polar surface area (TPSA) is 58.5 Å². The van der Waals surface area contributed by atoms with Crippen molar-refractivity contribution in [3.8, 4) is 0 Å². The maximum atomic E-state index is 5.70. The van der Waals surface area contributed by atoms with Crippen molar-refractivity contribution in [2.45, 2.75) is 53.7 Å². The SMILES string of the molecule is CCCOCc1ccccc1CN=C(NCC)NCCc1nc(C)c(C)s1. The first-order chi connectivity index (χ1) is 13.1. The third-order valence-electron chi connectivity index (χ3n) is 4.18. The lowest BCUT2D eigenvalue weighted by Crippen LogP contribution is -2.38. The number of aliphatic imine (C=N–C) groups is 1. The molecule has 0 aliphatic heterocycles. The fraction of sp³-hybridized carbons (Fsp3) is 0.524. The molecule has 0 atom stereocenters. The highest BCUT2D eigenvalue weighted by Crippen LogP contribution is 2.16. The van der Waals surface area contributed by atoms with E-state index in [4.69, 9.17) is 9.73 Å². The van der Waals surface area contributed by atoms with E-state index in [1.807, 2.05) is 0 Å². The molecule has 2 N–H and O–H groups in total. The molecule has 2 aromatic rings. The van der Waals surface area contributed by atoms with Gasteiger partial charge in [0.05, 0.1) is 23.9 Å². The van der Waals surface area contributed by atoms with Crippen LogP contribution in [-0.2, 0) is 24.3 Å². The van der Waals surface area contributed by atoms with Gasteiger partial charge in [0.25, 0.3) is 0 Å². The summed E-state index contributed by atoms with van der Waals surface area (Å²) in [5.41, 5.74) is 3.55. The smallest absolute Gasteiger partial charge is 0.191 e. The Morgan fingerprint density at radius 3 is 2.59 bits per heavy atom. The van der Waals surface area contributed by atoms with Gasteiger partial charge in [0.2, 0.25) is 0 Å². The van der Waals surface area contributed by atoms with Crippen LogP contribution >= 0.6 is 11.3 Å². The third-order valence-corrected chi connectivity index (χ3v) is 5.31. The number of aryl methyl sites for hydroxylation is 2. The lowest BCUT2D eigenvalue weighted by Gasteiger charge is -2.12. The average molecular weight is 389 g/mol. The number of hydrogen-bond acceptors (Lipinski definition) is 4. The number of thiazole rings is 1. The zero-order chi connectivity index (χ0) is 19.5. The van der Waals surface area contributed by atoms with E-state index in [1.165, 1.54) is 21.0 Å². The van der Waals surface area contributed by atoms with Crippen LogP contribution in [0.25, 0.3) is 0 Å². The van der Waals surface area contributed by atoms with Crippen LogP contribution in [0.2, 0.25) is 0 Å². The first-order valence-corrected chi connectivity index (χ1v) is 10.5. The summed E-state index contributed by atoms with van der Waals surface area (Å²) in [5, 5.41) is 7.91. The van der Waals surface area contributed by atoms with Crippen LogP contribution in [0.1, 0.15) is 47.0 Å². The first kappa shape index (κ1) is 21.4. The van der Waals surface area contributed by atoms with Crippen molar-refractivity contribution in [3.05, 3.63) is 51.0 Å². The molecule has 0 bridgehead atoms. The van der Waals surface area contributed by atoms with E-state index >= 15 is 0 Å². The highest BCUT2D eigenvalue weighted by molar-refractivity contribution is 7.11. The van der Waals surface area contributed by atoms with Gasteiger partial charge in [-0.25, -0.2) is 9.98 Å². The maximum Gasteiger partial charge on any atom is 0.191 e. The highest BCUT2D eigenvalue weighted by atomic mass is 32.1. The molecule has 0 aliphatic rings. The number of ether oxygens (including phenoxy) is 1. The molecular formula is C21H32N4OS. The van der Waals surface area contributed by atoms with Gasteiger partial charge in [-0.3, -0.25) is 0 Å². The zero-order valence-corrected chi connectivity index (χ0v) is 17.8. The fourth-order valence-electron chi connectivity index (χ4n) is 2.62. The van der Waals surface area contributed by atoms with E-state index < -0.39 is 0 Å². The molecule has 1 heterocycles. The van der Waals surface area contributed by atoms with Crippen LogP contribution in [0, 0.1) is 13.8 Å². The van der Waals surface area contributed by atoms with Crippen LogP contribution in [0.15, 0.2) is 29.3 Å². The summed E-state index contributed by atoms with van der Waals surface area (Å²) in [6.07, 6.45) is 1.94. The van der Waals surface area contributed by atoms with E-state index in [-0.39, 0.29) is 0 Å². The van der Waals surface area contributed by atoms with Crippen molar-refractivity contribution in [1.82, 2.24) is 15.6 Å². The molecule has 0 saturated carbocycles. The number of nitrogens with one attached hydrogen (secondary N) is 2. The third kappa shape index (κ3) is 7.31. The van der Waals surface area contributed by atoms with E-state index in [2.05, 4.69) is 67.6 Å². The van der Waals surface area contributed by atoms with Crippen molar-refractivity contribution in [2.75, 3.05) is 19.7 Å². The Kier molecular flexibility index (Phi) is 9.28. The molecule has 148 valence electrons.